The van der Waals surface area contributed by atoms with Gasteiger partial charge in [0.25, 0.3) is 5.91 Å². The zero-order valence-electron chi connectivity index (χ0n) is 15.7. The van der Waals surface area contributed by atoms with E-state index in [2.05, 4.69) is 10.1 Å². The minimum absolute atomic E-state index is 0.0627. The summed E-state index contributed by atoms with van der Waals surface area (Å²) in [5.41, 5.74) is 1.30. The predicted molar refractivity (Wildman–Crippen MR) is 108 cm³/mol. The van der Waals surface area contributed by atoms with Gasteiger partial charge in [-0.1, -0.05) is 28.9 Å². The third-order valence-electron chi connectivity index (χ3n) is 5.04. The van der Waals surface area contributed by atoms with Crippen LogP contribution in [0.2, 0.25) is 5.02 Å². The van der Waals surface area contributed by atoms with Crippen LogP contribution in [0.15, 0.2) is 47.0 Å². The van der Waals surface area contributed by atoms with Crippen LogP contribution in [0, 0.1) is 12.7 Å². The number of aromatic hydroxyl groups is 1. The second kappa shape index (κ2) is 7.75. The number of hydrogen-bond donors (Lipinski definition) is 1. The third kappa shape index (κ3) is 3.65. The van der Waals surface area contributed by atoms with Crippen molar-refractivity contribution in [2.75, 3.05) is 31.1 Å². The molecule has 1 aliphatic heterocycles. The maximum absolute atomic E-state index is 14.4. The summed E-state index contributed by atoms with van der Waals surface area (Å²) < 4.78 is 19.6. The Morgan fingerprint density at radius 3 is 2.59 bits per heavy atom. The number of phenolic OH excluding ortho intramolecular Hbond substituents is 1. The number of anilines is 1. The first kappa shape index (κ1) is 19.3. The molecule has 3 aromatic rings. The van der Waals surface area contributed by atoms with Gasteiger partial charge in [-0.25, -0.2) is 4.39 Å². The molecule has 150 valence electrons. The van der Waals surface area contributed by atoms with Crippen molar-refractivity contribution >= 4 is 23.2 Å². The first-order valence-corrected chi connectivity index (χ1v) is 9.57. The Morgan fingerprint density at radius 1 is 1.17 bits per heavy atom. The summed E-state index contributed by atoms with van der Waals surface area (Å²) in [5.74, 6) is -0.311. The van der Waals surface area contributed by atoms with E-state index in [4.69, 9.17) is 16.1 Å². The molecule has 0 saturated carbocycles. The summed E-state index contributed by atoms with van der Waals surface area (Å²) in [6.07, 6.45) is 0. The third-order valence-corrected chi connectivity index (χ3v) is 5.35. The number of nitrogens with zero attached hydrogens (tertiary/aromatic N) is 3. The van der Waals surface area contributed by atoms with E-state index in [1.807, 2.05) is 6.07 Å². The summed E-state index contributed by atoms with van der Waals surface area (Å²) >= 11 is 6.16. The van der Waals surface area contributed by atoms with Crippen LogP contribution in [0.5, 0.6) is 5.75 Å². The van der Waals surface area contributed by atoms with Gasteiger partial charge in [-0.05, 0) is 31.2 Å². The fraction of sp³-hybridized carbons (Fsp3) is 0.238. The molecule has 0 bridgehead atoms. The van der Waals surface area contributed by atoms with Crippen LogP contribution in [-0.4, -0.2) is 47.2 Å². The van der Waals surface area contributed by atoms with Crippen LogP contribution in [0.4, 0.5) is 10.1 Å². The Hall–Kier alpha value is -3.06. The van der Waals surface area contributed by atoms with Crippen molar-refractivity contribution in [3.8, 4) is 17.0 Å². The number of halogens is 2. The standard InChI is InChI=1S/C21H19ClFN3O3/c1-13-18(20(24-29-13)19-16(22)6-3-7-17(19)23)21(28)26-10-8-25(9-11-26)14-4-2-5-15(27)12-14/h2-7,12,27H,8-11H2,1H3. The highest BCUT2D eigenvalue weighted by molar-refractivity contribution is 6.33. The molecule has 0 unspecified atom stereocenters. The summed E-state index contributed by atoms with van der Waals surface area (Å²) in [4.78, 5) is 17.0. The molecule has 2 heterocycles. The minimum Gasteiger partial charge on any atom is -0.508 e. The van der Waals surface area contributed by atoms with Gasteiger partial charge >= 0.3 is 0 Å². The highest BCUT2D eigenvalue weighted by atomic mass is 35.5. The van der Waals surface area contributed by atoms with Crippen LogP contribution in [-0.2, 0) is 0 Å². The van der Waals surface area contributed by atoms with Gasteiger partial charge < -0.3 is 19.4 Å². The molecule has 1 fully saturated rings. The van der Waals surface area contributed by atoms with E-state index < -0.39 is 5.82 Å². The number of aryl methyl sites for hydroxylation is 1. The van der Waals surface area contributed by atoms with Gasteiger partial charge in [-0.2, -0.15) is 0 Å². The van der Waals surface area contributed by atoms with E-state index in [0.717, 1.165) is 5.69 Å². The first-order valence-electron chi connectivity index (χ1n) is 9.19. The molecule has 1 aromatic heterocycles. The molecule has 6 nitrogen and oxygen atoms in total. The van der Waals surface area contributed by atoms with Gasteiger partial charge in [0.1, 0.15) is 28.6 Å². The monoisotopic (exact) mass is 415 g/mol. The van der Waals surface area contributed by atoms with Crippen LogP contribution in [0.3, 0.4) is 0 Å². The lowest BCUT2D eigenvalue weighted by atomic mass is 10.0. The predicted octanol–water partition coefficient (Wildman–Crippen LogP) is 4.11. The number of piperazine rings is 1. The second-order valence-electron chi connectivity index (χ2n) is 6.86. The van der Waals surface area contributed by atoms with Gasteiger partial charge in [0.15, 0.2) is 0 Å². The maximum atomic E-state index is 14.4. The number of carbonyl (C=O) groups excluding carboxylic acids is 1. The highest BCUT2D eigenvalue weighted by Gasteiger charge is 2.30. The largest absolute Gasteiger partial charge is 0.508 e. The van der Waals surface area contributed by atoms with Crippen molar-refractivity contribution in [1.82, 2.24) is 10.1 Å². The molecule has 0 aliphatic carbocycles. The molecule has 0 spiro atoms. The molecule has 1 amide bonds. The number of amides is 1. The molecule has 1 N–H and O–H groups in total. The zero-order chi connectivity index (χ0) is 20.5. The summed E-state index contributed by atoms with van der Waals surface area (Å²) in [6.45, 7) is 3.79. The summed E-state index contributed by atoms with van der Waals surface area (Å²) in [7, 11) is 0. The number of hydrogen-bond acceptors (Lipinski definition) is 5. The Morgan fingerprint density at radius 2 is 1.90 bits per heavy atom. The molecule has 1 aliphatic rings. The average molecular weight is 416 g/mol. The zero-order valence-corrected chi connectivity index (χ0v) is 16.5. The molecule has 0 radical (unpaired) electrons. The molecule has 4 rings (SSSR count). The number of phenols is 1. The van der Waals surface area contributed by atoms with Crippen LogP contribution in [0.25, 0.3) is 11.3 Å². The topological polar surface area (TPSA) is 69.8 Å². The van der Waals surface area contributed by atoms with E-state index in [-0.39, 0.29) is 33.5 Å². The van der Waals surface area contributed by atoms with E-state index >= 15 is 0 Å². The van der Waals surface area contributed by atoms with E-state index in [9.17, 15) is 14.3 Å². The van der Waals surface area contributed by atoms with Crippen LogP contribution in [0.1, 0.15) is 16.1 Å². The molecule has 1 saturated heterocycles. The van der Waals surface area contributed by atoms with Crippen molar-refractivity contribution in [1.29, 1.82) is 0 Å². The molecule has 29 heavy (non-hydrogen) atoms. The Balaban J connectivity index is 1.57. The van der Waals surface area contributed by atoms with Crippen molar-refractivity contribution in [3.05, 3.63) is 64.6 Å². The Kier molecular flexibility index (Phi) is 5.15. The van der Waals surface area contributed by atoms with Crippen molar-refractivity contribution in [2.45, 2.75) is 6.92 Å². The maximum Gasteiger partial charge on any atom is 0.259 e. The molecule has 0 atom stereocenters. The molecule has 8 heteroatoms. The van der Waals surface area contributed by atoms with E-state index in [0.29, 0.717) is 31.9 Å². The van der Waals surface area contributed by atoms with Gasteiger partial charge in [0.05, 0.1) is 10.6 Å². The number of benzene rings is 2. The second-order valence-corrected chi connectivity index (χ2v) is 7.27. The van der Waals surface area contributed by atoms with E-state index in [1.54, 1.807) is 36.1 Å². The summed E-state index contributed by atoms with van der Waals surface area (Å²) in [6, 6.07) is 11.3. The number of rotatable bonds is 3. The number of carbonyl (C=O) groups is 1. The SMILES string of the molecule is Cc1onc(-c2c(F)cccc2Cl)c1C(=O)N1CCN(c2cccc(O)c2)CC1. The normalized spacial score (nSPS) is 14.3. The van der Waals surface area contributed by atoms with Crippen molar-refractivity contribution < 1.29 is 18.8 Å². The Labute approximate surface area is 172 Å². The average Bonchev–Trinajstić information content (AvgIpc) is 3.08. The Bertz CT molecular complexity index is 1040. The van der Waals surface area contributed by atoms with Gasteiger partial charge in [-0.15, -0.1) is 0 Å². The van der Waals surface area contributed by atoms with Gasteiger partial charge in [-0.3, -0.25) is 4.79 Å². The lowest BCUT2D eigenvalue weighted by Crippen LogP contribution is -2.49. The first-order chi connectivity index (χ1) is 14.0. The van der Waals surface area contributed by atoms with Crippen molar-refractivity contribution in [2.24, 2.45) is 0 Å². The van der Waals surface area contributed by atoms with Gasteiger partial charge in [0.2, 0.25) is 0 Å². The smallest absolute Gasteiger partial charge is 0.259 e. The molecular formula is C21H19ClFN3O3. The van der Waals surface area contributed by atoms with E-state index in [1.165, 1.54) is 12.1 Å². The lowest BCUT2D eigenvalue weighted by molar-refractivity contribution is 0.0745. The molecule has 2 aromatic carbocycles. The van der Waals surface area contributed by atoms with Crippen LogP contribution >= 0.6 is 11.6 Å². The fourth-order valence-electron chi connectivity index (χ4n) is 3.53. The van der Waals surface area contributed by atoms with Crippen molar-refractivity contribution in [3.63, 3.8) is 0 Å². The molecular weight excluding hydrogens is 397 g/mol. The summed E-state index contributed by atoms with van der Waals surface area (Å²) in [5, 5.41) is 13.8. The van der Waals surface area contributed by atoms with Gasteiger partial charge in [0, 0.05) is 37.9 Å². The number of aromatic nitrogens is 1. The fourth-order valence-corrected chi connectivity index (χ4v) is 3.79. The quantitative estimate of drug-likeness (QED) is 0.697. The lowest BCUT2D eigenvalue weighted by Gasteiger charge is -2.36. The minimum atomic E-state index is -0.562. The highest BCUT2D eigenvalue weighted by Crippen LogP contribution is 2.34. The van der Waals surface area contributed by atoms with Crippen LogP contribution < -0.4 is 4.90 Å².